The largest absolute Gasteiger partial charge is 0.463 e. The fourth-order valence-electron chi connectivity index (χ4n) is 3.26. The highest BCUT2D eigenvalue weighted by Gasteiger charge is 2.26. The predicted molar refractivity (Wildman–Crippen MR) is 108 cm³/mol. The van der Waals surface area contributed by atoms with Crippen molar-refractivity contribution in [2.45, 2.75) is 18.7 Å². The second-order valence-electron chi connectivity index (χ2n) is 6.66. The van der Waals surface area contributed by atoms with Gasteiger partial charge in [0.25, 0.3) is 0 Å². The Balaban J connectivity index is 1.74. The van der Waals surface area contributed by atoms with E-state index >= 15 is 0 Å². The first-order valence-corrected chi connectivity index (χ1v) is 10.2. The molecular weight excluding hydrogens is 392 g/mol. The molecule has 2 aromatic heterocycles. The second-order valence-corrected chi connectivity index (χ2v) is 8.15. The van der Waals surface area contributed by atoms with E-state index in [0.717, 1.165) is 5.56 Å². The summed E-state index contributed by atoms with van der Waals surface area (Å²) in [4.78, 5) is 12.8. The van der Waals surface area contributed by atoms with Crippen molar-refractivity contribution in [1.29, 1.82) is 0 Å². The van der Waals surface area contributed by atoms with E-state index in [1.165, 1.54) is 29.1 Å². The number of rotatable bonds is 4. The summed E-state index contributed by atoms with van der Waals surface area (Å²) in [7, 11) is -2.42. The Morgan fingerprint density at radius 1 is 1.07 bits per heavy atom. The van der Waals surface area contributed by atoms with Gasteiger partial charge in [-0.05, 0) is 31.5 Å². The molecule has 0 aliphatic rings. The van der Waals surface area contributed by atoms with Gasteiger partial charge in [-0.15, -0.1) is 0 Å². The summed E-state index contributed by atoms with van der Waals surface area (Å²) in [6.45, 7) is 3.26. The molecule has 0 saturated heterocycles. The zero-order chi connectivity index (χ0) is 20.8. The molecular formula is C21H18N2O5S. The second kappa shape index (κ2) is 6.89. The van der Waals surface area contributed by atoms with Crippen LogP contribution in [-0.2, 0) is 17.2 Å². The number of hydrogen-bond donors (Lipinski definition) is 0. The highest BCUT2D eigenvalue weighted by molar-refractivity contribution is 7.87. The van der Waals surface area contributed by atoms with Crippen molar-refractivity contribution in [3.63, 3.8) is 0 Å². The molecule has 2 aromatic carbocycles. The SMILES string of the molecule is Cc1nn(C)c(C)c1S(=O)(=O)Oc1ccc2c(=O)c(-c3ccccc3)coc2c1. The number of fused-ring (bicyclic) bond motifs is 1. The number of aromatic nitrogens is 2. The molecule has 0 unspecified atom stereocenters. The van der Waals surface area contributed by atoms with Gasteiger partial charge in [0.1, 0.15) is 22.5 Å². The lowest BCUT2D eigenvalue weighted by Gasteiger charge is -2.08. The Labute approximate surface area is 167 Å². The van der Waals surface area contributed by atoms with Gasteiger partial charge in [-0.25, -0.2) is 0 Å². The molecule has 2 heterocycles. The molecule has 148 valence electrons. The van der Waals surface area contributed by atoms with Crippen LogP contribution in [0.15, 0.2) is 68.9 Å². The van der Waals surface area contributed by atoms with Crippen molar-refractivity contribution in [2.24, 2.45) is 7.05 Å². The third-order valence-electron chi connectivity index (χ3n) is 4.73. The Bertz CT molecular complexity index is 1390. The lowest BCUT2D eigenvalue weighted by molar-refractivity contribution is 0.484. The molecule has 0 N–H and O–H groups in total. The monoisotopic (exact) mass is 410 g/mol. The van der Waals surface area contributed by atoms with Gasteiger partial charge in [0.2, 0.25) is 0 Å². The van der Waals surface area contributed by atoms with Crippen molar-refractivity contribution >= 4 is 21.1 Å². The number of aryl methyl sites for hydroxylation is 2. The molecule has 0 spiro atoms. The highest BCUT2D eigenvalue weighted by Crippen LogP contribution is 2.27. The third kappa shape index (κ3) is 3.31. The van der Waals surface area contributed by atoms with Crippen LogP contribution in [0.4, 0.5) is 0 Å². The van der Waals surface area contributed by atoms with Gasteiger partial charge in [-0.2, -0.15) is 13.5 Å². The maximum atomic E-state index is 12.8. The van der Waals surface area contributed by atoms with Crippen LogP contribution in [0.3, 0.4) is 0 Å². The van der Waals surface area contributed by atoms with Gasteiger partial charge in [-0.1, -0.05) is 30.3 Å². The fraction of sp³-hybridized carbons (Fsp3) is 0.143. The number of hydrogen-bond acceptors (Lipinski definition) is 6. The number of nitrogens with zero attached hydrogens (tertiary/aromatic N) is 2. The van der Waals surface area contributed by atoms with Gasteiger partial charge in [0, 0.05) is 13.1 Å². The van der Waals surface area contributed by atoms with Gasteiger partial charge < -0.3 is 8.60 Å². The fourth-order valence-corrected chi connectivity index (χ4v) is 4.60. The van der Waals surface area contributed by atoms with Crippen LogP contribution < -0.4 is 9.61 Å². The standard InChI is InChI=1S/C21H18N2O5S/c1-13-21(14(2)23(3)22-13)29(25,26)28-16-9-10-17-19(11-16)27-12-18(20(17)24)15-7-5-4-6-8-15/h4-12H,1-3H3. The molecule has 7 nitrogen and oxygen atoms in total. The van der Waals surface area contributed by atoms with Crippen LogP contribution >= 0.6 is 0 Å². The minimum atomic E-state index is -4.09. The van der Waals surface area contributed by atoms with Crippen molar-refractivity contribution in [1.82, 2.24) is 9.78 Å². The summed E-state index contributed by atoms with van der Waals surface area (Å²) >= 11 is 0. The molecule has 0 aliphatic heterocycles. The first kappa shape index (κ1) is 18.9. The molecule has 4 aromatic rings. The lowest BCUT2D eigenvalue weighted by atomic mass is 10.1. The van der Waals surface area contributed by atoms with Gasteiger partial charge >= 0.3 is 10.1 Å². The van der Waals surface area contributed by atoms with Gasteiger partial charge in [-0.3, -0.25) is 9.48 Å². The average molecular weight is 410 g/mol. The maximum Gasteiger partial charge on any atom is 0.342 e. The predicted octanol–water partition coefficient (Wildman–Crippen LogP) is 3.58. The Morgan fingerprint density at radius 2 is 1.79 bits per heavy atom. The van der Waals surface area contributed by atoms with Crippen LogP contribution in [0.1, 0.15) is 11.4 Å². The normalized spacial score (nSPS) is 11.7. The molecule has 8 heteroatoms. The van der Waals surface area contributed by atoms with E-state index in [1.54, 1.807) is 20.9 Å². The molecule has 0 aliphatic carbocycles. The first-order valence-electron chi connectivity index (χ1n) is 8.83. The minimum absolute atomic E-state index is 0.0287. The Kier molecular flexibility index (Phi) is 4.50. The van der Waals surface area contributed by atoms with Crippen LogP contribution in [0.2, 0.25) is 0 Å². The minimum Gasteiger partial charge on any atom is -0.463 e. The van der Waals surface area contributed by atoms with Crippen LogP contribution in [0, 0.1) is 13.8 Å². The number of benzene rings is 2. The Hall–Kier alpha value is -3.39. The van der Waals surface area contributed by atoms with Crippen LogP contribution in [-0.4, -0.2) is 18.2 Å². The highest BCUT2D eigenvalue weighted by atomic mass is 32.2. The van der Waals surface area contributed by atoms with E-state index in [1.807, 2.05) is 30.3 Å². The van der Waals surface area contributed by atoms with E-state index in [0.29, 0.717) is 22.3 Å². The summed E-state index contributed by atoms with van der Waals surface area (Å²) in [5.41, 5.74) is 2.04. The van der Waals surface area contributed by atoms with E-state index in [-0.39, 0.29) is 21.7 Å². The smallest absolute Gasteiger partial charge is 0.342 e. The summed E-state index contributed by atoms with van der Waals surface area (Å²) in [5, 5.41) is 4.45. The first-order chi connectivity index (χ1) is 13.8. The average Bonchev–Trinajstić information content (AvgIpc) is 2.94. The van der Waals surface area contributed by atoms with Gasteiger partial charge in [0.15, 0.2) is 5.43 Å². The van der Waals surface area contributed by atoms with Crippen LogP contribution in [0.5, 0.6) is 5.75 Å². The van der Waals surface area contributed by atoms with Crippen molar-refractivity contribution in [3.8, 4) is 16.9 Å². The third-order valence-corrected chi connectivity index (χ3v) is 6.23. The van der Waals surface area contributed by atoms with E-state index < -0.39 is 10.1 Å². The molecule has 0 fully saturated rings. The molecule has 0 bridgehead atoms. The topological polar surface area (TPSA) is 91.4 Å². The molecule has 0 saturated carbocycles. The summed E-state index contributed by atoms with van der Waals surface area (Å²) in [6.07, 6.45) is 1.37. The Morgan fingerprint density at radius 3 is 2.45 bits per heavy atom. The molecule has 0 atom stereocenters. The maximum absolute atomic E-state index is 12.8. The molecule has 0 amide bonds. The molecule has 29 heavy (non-hydrogen) atoms. The van der Waals surface area contributed by atoms with E-state index in [2.05, 4.69) is 5.10 Å². The van der Waals surface area contributed by atoms with Crippen molar-refractivity contribution < 1.29 is 17.0 Å². The van der Waals surface area contributed by atoms with Crippen molar-refractivity contribution in [2.75, 3.05) is 0 Å². The van der Waals surface area contributed by atoms with Crippen LogP contribution in [0.25, 0.3) is 22.1 Å². The van der Waals surface area contributed by atoms with Crippen molar-refractivity contribution in [3.05, 3.63) is 76.4 Å². The molecule has 4 rings (SSSR count). The summed E-state index contributed by atoms with van der Waals surface area (Å²) in [6, 6.07) is 13.5. The summed E-state index contributed by atoms with van der Waals surface area (Å²) < 4.78 is 37.8. The quantitative estimate of drug-likeness (QED) is 0.478. The van der Waals surface area contributed by atoms with Gasteiger partial charge in [0.05, 0.1) is 22.3 Å². The molecule has 0 radical (unpaired) electrons. The van der Waals surface area contributed by atoms with E-state index in [4.69, 9.17) is 8.60 Å². The zero-order valence-corrected chi connectivity index (χ0v) is 16.9. The lowest BCUT2D eigenvalue weighted by Crippen LogP contribution is -2.12. The zero-order valence-electron chi connectivity index (χ0n) is 16.0. The summed E-state index contributed by atoms with van der Waals surface area (Å²) in [5.74, 6) is 0.0516. The van der Waals surface area contributed by atoms with E-state index in [9.17, 15) is 13.2 Å².